The smallest absolute Gasteiger partial charge is 0.317 e. The standard InChI is InChI=1S/C31H27N5O3/c1-20-11-12-21(18-32-19-28(37)38)17-27(20)34-30(39)23-13-15-24(16-14-23)33-31-35-26-10-6-5-9-25(26)29(36-31)22-7-3-2-4-8-22/h2-17,32H,18-19H2,1H3,(H,34,39)(H,37,38)(H,33,35,36). The second kappa shape index (κ2) is 11.5. The number of benzene rings is 4. The lowest BCUT2D eigenvalue weighted by Crippen LogP contribution is -2.22. The predicted octanol–water partition coefficient (Wildman–Crippen LogP) is 5.78. The van der Waals surface area contributed by atoms with Crippen molar-refractivity contribution in [2.24, 2.45) is 0 Å². The molecular formula is C31H27N5O3. The first-order valence-corrected chi connectivity index (χ1v) is 12.5. The maximum atomic E-state index is 12.9. The molecule has 0 aliphatic rings. The molecule has 1 amide bonds. The van der Waals surface area contributed by atoms with Crippen LogP contribution in [-0.4, -0.2) is 33.5 Å². The molecule has 1 aromatic heterocycles. The maximum absolute atomic E-state index is 12.9. The quantitative estimate of drug-likeness (QED) is 0.196. The molecule has 4 N–H and O–H groups in total. The molecule has 0 unspecified atom stereocenters. The summed E-state index contributed by atoms with van der Waals surface area (Å²) in [6, 6.07) is 30.6. The van der Waals surface area contributed by atoms with Crippen LogP contribution in [0.15, 0.2) is 97.1 Å². The van der Waals surface area contributed by atoms with Crippen molar-refractivity contribution < 1.29 is 14.7 Å². The number of nitrogens with one attached hydrogen (secondary N) is 3. The number of nitrogens with zero attached hydrogens (tertiary/aromatic N) is 2. The Balaban J connectivity index is 1.31. The lowest BCUT2D eigenvalue weighted by molar-refractivity contribution is -0.136. The fourth-order valence-corrected chi connectivity index (χ4v) is 4.20. The Hall–Kier alpha value is -5.08. The SMILES string of the molecule is Cc1ccc(CNCC(=O)O)cc1NC(=O)c1ccc(Nc2nc(-c3ccccc3)c3ccccc3n2)cc1. The van der Waals surface area contributed by atoms with E-state index in [2.05, 4.69) is 20.9 Å². The summed E-state index contributed by atoms with van der Waals surface area (Å²) in [4.78, 5) is 33.2. The summed E-state index contributed by atoms with van der Waals surface area (Å²) in [6.07, 6.45) is 0. The van der Waals surface area contributed by atoms with Crippen LogP contribution in [0.25, 0.3) is 22.2 Å². The van der Waals surface area contributed by atoms with E-state index in [1.165, 1.54) is 0 Å². The minimum absolute atomic E-state index is 0.131. The van der Waals surface area contributed by atoms with E-state index < -0.39 is 5.97 Å². The second-order valence-electron chi connectivity index (χ2n) is 9.08. The largest absolute Gasteiger partial charge is 0.480 e. The zero-order chi connectivity index (χ0) is 27.2. The molecule has 0 atom stereocenters. The Morgan fingerprint density at radius 1 is 0.846 bits per heavy atom. The van der Waals surface area contributed by atoms with Crippen molar-refractivity contribution in [3.63, 3.8) is 0 Å². The van der Waals surface area contributed by atoms with Crippen LogP contribution < -0.4 is 16.0 Å². The number of hydrogen-bond acceptors (Lipinski definition) is 6. The van der Waals surface area contributed by atoms with Gasteiger partial charge in [-0.25, -0.2) is 9.97 Å². The molecule has 4 aromatic carbocycles. The van der Waals surface area contributed by atoms with E-state index in [1.807, 2.05) is 91.9 Å². The Bertz CT molecular complexity index is 1640. The van der Waals surface area contributed by atoms with Crippen molar-refractivity contribution in [3.8, 4) is 11.3 Å². The topological polar surface area (TPSA) is 116 Å². The highest BCUT2D eigenvalue weighted by molar-refractivity contribution is 6.05. The van der Waals surface area contributed by atoms with Gasteiger partial charge in [-0.05, 0) is 54.4 Å². The van der Waals surface area contributed by atoms with Crippen LogP contribution in [0.5, 0.6) is 0 Å². The molecule has 0 aliphatic carbocycles. The summed E-state index contributed by atoms with van der Waals surface area (Å²) >= 11 is 0. The average molecular weight is 518 g/mol. The van der Waals surface area contributed by atoms with Gasteiger partial charge in [0.1, 0.15) is 0 Å². The van der Waals surface area contributed by atoms with Gasteiger partial charge in [-0.15, -0.1) is 0 Å². The molecule has 5 aromatic rings. The zero-order valence-corrected chi connectivity index (χ0v) is 21.3. The van der Waals surface area contributed by atoms with Crippen molar-refractivity contribution >= 4 is 40.1 Å². The molecule has 0 spiro atoms. The lowest BCUT2D eigenvalue weighted by atomic mass is 10.1. The first kappa shape index (κ1) is 25.6. The van der Waals surface area contributed by atoms with Crippen molar-refractivity contribution in [2.45, 2.75) is 13.5 Å². The van der Waals surface area contributed by atoms with E-state index in [0.29, 0.717) is 23.7 Å². The molecule has 1 heterocycles. The molecule has 0 saturated heterocycles. The molecule has 0 fully saturated rings. The van der Waals surface area contributed by atoms with Crippen LogP contribution in [-0.2, 0) is 11.3 Å². The number of para-hydroxylation sites is 1. The van der Waals surface area contributed by atoms with Crippen molar-refractivity contribution in [3.05, 3.63) is 114 Å². The van der Waals surface area contributed by atoms with Gasteiger partial charge in [0.15, 0.2) is 0 Å². The molecule has 0 radical (unpaired) electrons. The van der Waals surface area contributed by atoms with Crippen molar-refractivity contribution in [2.75, 3.05) is 17.2 Å². The minimum atomic E-state index is -0.919. The van der Waals surface area contributed by atoms with Gasteiger partial charge in [0, 0.05) is 34.4 Å². The number of carboxylic acid groups (broad SMARTS) is 1. The number of amides is 1. The maximum Gasteiger partial charge on any atom is 0.317 e. The third-order valence-corrected chi connectivity index (χ3v) is 6.21. The van der Waals surface area contributed by atoms with Crippen LogP contribution in [0.4, 0.5) is 17.3 Å². The fourth-order valence-electron chi connectivity index (χ4n) is 4.20. The second-order valence-corrected chi connectivity index (χ2v) is 9.08. The molecule has 0 aliphatic heterocycles. The minimum Gasteiger partial charge on any atom is -0.480 e. The van der Waals surface area contributed by atoms with E-state index in [1.54, 1.807) is 12.1 Å². The molecule has 8 heteroatoms. The average Bonchev–Trinajstić information content (AvgIpc) is 2.95. The van der Waals surface area contributed by atoms with Gasteiger partial charge in [0.2, 0.25) is 5.95 Å². The number of hydrogen-bond donors (Lipinski definition) is 4. The summed E-state index contributed by atoms with van der Waals surface area (Å²) in [5, 5.41) is 18.8. The summed E-state index contributed by atoms with van der Waals surface area (Å²) < 4.78 is 0. The number of carbonyl (C=O) groups is 2. The molecule has 8 nitrogen and oxygen atoms in total. The molecule has 0 saturated carbocycles. The number of fused-ring (bicyclic) bond motifs is 1. The number of carboxylic acids is 1. The first-order valence-electron chi connectivity index (χ1n) is 12.5. The molecule has 5 rings (SSSR count). The van der Waals surface area contributed by atoms with Crippen LogP contribution in [0.1, 0.15) is 21.5 Å². The normalized spacial score (nSPS) is 10.8. The number of rotatable bonds is 9. The van der Waals surface area contributed by atoms with Gasteiger partial charge < -0.3 is 21.1 Å². The van der Waals surface area contributed by atoms with E-state index in [0.717, 1.165) is 39.0 Å². The van der Waals surface area contributed by atoms with Gasteiger partial charge in [-0.3, -0.25) is 9.59 Å². The number of carbonyl (C=O) groups excluding carboxylic acids is 1. The van der Waals surface area contributed by atoms with Crippen LogP contribution in [0.3, 0.4) is 0 Å². The van der Waals surface area contributed by atoms with Crippen molar-refractivity contribution in [1.82, 2.24) is 15.3 Å². The van der Waals surface area contributed by atoms with Crippen molar-refractivity contribution in [1.29, 1.82) is 0 Å². The highest BCUT2D eigenvalue weighted by atomic mass is 16.4. The lowest BCUT2D eigenvalue weighted by Gasteiger charge is -2.12. The third-order valence-electron chi connectivity index (χ3n) is 6.21. The van der Waals surface area contributed by atoms with E-state index in [-0.39, 0.29) is 12.5 Å². The number of anilines is 3. The zero-order valence-electron chi connectivity index (χ0n) is 21.3. The summed E-state index contributed by atoms with van der Waals surface area (Å²) in [6.45, 7) is 2.16. The molecular weight excluding hydrogens is 490 g/mol. The van der Waals surface area contributed by atoms with Gasteiger partial charge in [0.05, 0.1) is 17.8 Å². The third kappa shape index (κ3) is 6.26. The van der Waals surface area contributed by atoms with Gasteiger partial charge in [-0.2, -0.15) is 0 Å². The fraction of sp³-hybridized carbons (Fsp3) is 0.0968. The Kier molecular flexibility index (Phi) is 7.56. The van der Waals surface area contributed by atoms with Gasteiger partial charge in [-0.1, -0.05) is 60.7 Å². The van der Waals surface area contributed by atoms with E-state index >= 15 is 0 Å². The highest BCUT2D eigenvalue weighted by Crippen LogP contribution is 2.28. The van der Waals surface area contributed by atoms with E-state index in [9.17, 15) is 9.59 Å². The van der Waals surface area contributed by atoms with Gasteiger partial charge >= 0.3 is 5.97 Å². The number of aliphatic carboxylic acids is 1. The number of aromatic nitrogens is 2. The van der Waals surface area contributed by atoms with E-state index in [4.69, 9.17) is 10.1 Å². The summed E-state index contributed by atoms with van der Waals surface area (Å²) in [7, 11) is 0. The van der Waals surface area contributed by atoms with Crippen LogP contribution in [0, 0.1) is 6.92 Å². The molecule has 0 bridgehead atoms. The first-order chi connectivity index (χ1) is 19.0. The Labute approximate surface area is 225 Å². The number of aryl methyl sites for hydroxylation is 1. The molecule has 194 valence electrons. The summed E-state index contributed by atoms with van der Waals surface area (Å²) in [5.74, 6) is -0.695. The monoisotopic (exact) mass is 517 g/mol. The summed E-state index contributed by atoms with van der Waals surface area (Å²) in [5.41, 5.74) is 6.39. The van der Waals surface area contributed by atoms with Gasteiger partial charge in [0.25, 0.3) is 5.91 Å². The Morgan fingerprint density at radius 2 is 1.59 bits per heavy atom. The predicted molar refractivity (Wildman–Crippen MR) is 153 cm³/mol. The van der Waals surface area contributed by atoms with Crippen LogP contribution >= 0.6 is 0 Å². The highest BCUT2D eigenvalue weighted by Gasteiger charge is 2.12. The molecule has 39 heavy (non-hydrogen) atoms. The Morgan fingerprint density at radius 3 is 2.36 bits per heavy atom. The van der Waals surface area contributed by atoms with Crippen LogP contribution in [0.2, 0.25) is 0 Å².